The van der Waals surface area contributed by atoms with Crippen LogP contribution in [0.15, 0.2) is 0 Å². The van der Waals surface area contributed by atoms with Gasteiger partial charge in [0.25, 0.3) is 0 Å². The van der Waals surface area contributed by atoms with Crippen LogP contribution >= 0.6 is 0 Å². The fourth-order valence-electron chi connectivity index (χ4n) is 3.91. The Morgan fingerprint density at radius 1 is 1.38 bits per heavy atom. The first-order valence-corrected chi connectivity index (χ1v) is 8.44. The molecule has 2 aliphatic rings. The molecule has 2 unspecified atom stereocenters. The predicted molar refractivity (Wildman–Crippen MR) is 84.5 cm³/mol. The van der Waals surface area contributed by atoms with Gasteiger partial charge in [-0.05, 0) is 58.3 Å². The molecule has 5 heteroatoms. The lowest BCUT2D eigenvalue weighted by Gasteiger charge is -2.36. The van der Waals surface area contributed by atoms with Gasteiger partial charge >= 0.3 is 5.97 Å². The Kier molecular flexibility index (Phi) is 5.63. The van der Waals surface area contributed by atoms with Gasteiger partial charge in [-0.3, -0.25) is 9.69 Å². The smallest absolute Gasteiger partial charge is 0.325 e. The molecule has 122 valence electrons. The van der Waals surface area contributed by atoms with E-state index in [1.807, 2.05) is 6.92 Å². The topological polar surface area (TPSA) is 55.8 Å². The molecule has 0 aromatic rings. The van der Waals surface area contributed by atoms with E-state index < -0.39 is 11.5 Å². The van der Waals surface area contributed by atoms with Crippen molar-refractivity contribution in [3.63, 3.8) is 0 Å². The Balaban J connectivity index is 1.97. The number of carboxylic acids is 1. The van der Waals surface area contributed by atoms with Crippen LogP contribution in [0.25, 0.3) is 0 Å². The van der Waals surface area contributed by atoms with Crippen molar-refractivity contribution in [2.45, 2.75) is 51.1 Å². The molecule has 2 N–H and O–H groups in total. The van der Waals surface area contributed by atoms with Crippen molar-refractivity contribution in [2.75, 3.05) is 39.8 Å². The summed E-state index contributed by atoms with van der Waals surface area (Å²) in [7, 11) is 2.07. The summed E-state index contributed by atoms with van der Waals surface area (Å²) in [6.07, 6.45) is 4.59. The number of nitrogens with one attached hydrogen (secondary N) is 1. The van der Waals surface area contributed by atoms with Gasteiger partial charge in [0.05, 0.1) is 0 Å². The van der Waals surface area contributed by atoms with Gasteiger partial charge in [-0.1, -0.05) is 13.8 Å². The van der Waals surface area contributed by atoms with Crippen LogP contribution in [0, 0.1) is 5.92 Å². The number of aliphatic carboxylic acids is 1. The van der Waals surface area contributed by atoms with Crippen LogP contribution in [0.5, 0.6) is 0 Å². The number of rotatable bonds is 9. The molecule has 0 bridgehead atoms. The quantitative estimate of drug-likeness (QED) is 0.671. The van der Waals surface area contributed by atoms with Gasteiger partial charge in [-0.25, -0.2) is 0 Å². The van der Waals surface area contributed by atoms with Crippen molar-refractivity contribution < 1.29 is 9.90 Å². The zero-order valence-corrected chi connectivity index (χ0v) is 13.8. The van der Waals surface area contributed by atoms with Gasteiger partial charge < -0.3 is 15.3 Å². The van der Waals surface area contributed by atoms with Crippen LogP contribution < -0.4 is 5.32 Å². The molecule has 2 fully saturated rings. The summed E-state index contributed by atoms with van der Waals surface area (Å²) < 4.78 is 0. The Bertz CT molecular complexity index is 359. The molecule has 1 saturated heterocycles. The van der Waals surface area contributed by atoms with Gasteiger partial charge in [0.15, 0.2) is 0 Å². The molecule has 1 aliphatic carbocycles. The minimum absolute atomic E-state index is 0.295. The van der Waals surface area contributed by atoms with E-state index in [-0.39, 0.29) is 0 Å². The first-order valence-electron chi connectivity index (χ1n) is 8.44. The third kappa shape index (κ3) is 3.76. The van der Waals surface area contributed by atoms with Crippen molar-refractivity contribution in [3.8, 4) is 0 Å². The summed E-state index contributed by atoms with van der Waals surface area (Å²) in [6, 6.07) is 0.590. The third-order valence-corrected chi connectivity index (χ3v) is 5.10. The van der Waals surface area contributed by atoms with Crippen LogP contribution in [-0.2, 0) is 4.79 Å². The molecule has 2 rings (SSSR count). The second-order valence-electron chi connectivity index (χ2n) is 6.70. The lowest BCUT2D eigenvalue weighted by atomic mass is 9.92. The predicted octanol–water partition coefficient (Wildman–Crippen LogP) is 1.25. The summed E-state index contributed by atoms with van der Waals surface area (Å²) >= 11 is 0. The van der Waals surface area contributed by atoms with Crippen LogP contribution in [0.1, 0.15) is 39.5 Å². The highest BCUT2D eigenvalue weighted by molar-refractivity contribution is 5.80. The molecule has 0 radical (unpaired) electrons. The monoisotopic (exact) mass is 297 g/mol. The number of likely N-dealkylation sites (N-methyl/N-ethyl adjacent to an activating group) is 3. The highest BCUT2D eigenvalue weighted by Crippen LogP contribution is 2.40. The van der Waals surface area contributed by atoms with E-state index in [0.717, 1.165) is 25.9 Å². The Hall–Kier alpha value is -0.650. The van der Waals surface area contributed by atoms with Crippen LogP contribution in [-0.4, -0.2) is 72.2 Å². The molecule has 1 saturated carbocycles. The van der Waals surface area contributed by atoms with E-state index in [0.29, 0.717) is 25.0 Å². The molecule has 1 heterocycles. The van der Waals surface area contributed by atoms with Crippen molar-refractivity contribution in [1.82, 2.24) is 15.1 Å². The molecule has 21 heavy (non-hydrogen) atoms. The van der Waals surface area contributed by atoms with Crippen LogP contribution in [0.3, 0.4) is 0 Å². The van der Waals surface area contributed by atoms with E-state index in [9.17, 15) is 9.90 Å². The summed E-state index contributed by atoms with van der Waals surface area (Å²) in [4.78, 5) is 16.6. The number of nitrogens with zero attached hydrogens (tertiary/aromatic N) is 2. The van der Waals surface area contributed by atoms with Crippen LogP contribution in [0.4, 0.5) is 0 Å². The Labute approximate surface area is 128 Å². The number of likely N-dealkylation sites (tertiary alicyclic amines) is 1. The van der Waals surface area contributed by atoms with Crippen molar-refractivity contribution in [2.24, 2.45) is 5.92 Å². The van der Waals surface area contributed by atoms with Gasteiger partial charge in [-0.15, -0.1) is 0 Å². The van der Waals surface area contributed by atoms with E-state index >= 15 is 0 Å². The molecule has 0 amide bonds. The van der Waals surface area contributed by atoms with Crippen molar-refractivity contribution in [3.05, 3.63) is 0 Å². The summed E-state index contributed by atoms with van der Waals surface area (Å²) in [5.41, 5.74) is -0.751. The molecule has 2 atom stereocenters. The van der Waals surface area contributed by atoms with Gasteiger partial charge in [0, 0.05) is 19.1 Å². The standard InChI is InChI=1S/C16H31N3O2/c1-4-17-16(15(20)21,13-8-9-13)12-18(3)11-14-7-6-10-19(14)5-2/h13-14,17H,4-12H2,1-3H3,(H,20,21). The lowest BCUT2D eigenvalue weighted by molar-refractivity contribution is -0.147. The minimum atomic E-state index is -0.751. The zero-order valence-electron chi connectivity index (χ0n) is 13.8. The minimum Gasteiger partial charge on any atom is -0.480 e. The zero-order chi connectivity index (χ0) is 15.5. The molecular weight excluding hydrogens is 266 g/mol. The Morgan fingerprint density at radius 2 is 2.10 bits per heavy atom. The molecule has 0 aromatic carbocycles. The number of hydrogen-bond donors (Lipinski definition) is 2. The molecule has 1 aliphatic heterocycles. The maximum Gasteiger partial charge on any atom is 0.325 e. The number of carboxylic acid groups (broad SMARTS) is 1. The molecule has 5 nitrogen and oxygen atoms in total. The second kappa shape index (κ2) is 7.07. The van der Waals surface area contributed by atoms with E-state index in [1.165, 1.54) is 19.4 Å². The summed E-state index contributed by atoms with van der Waals surface area (Å²) in [5, 5.41) is 13.1. The fraction of sp³-hybridized carbons (Fsp3) is 0.938. The molecule has 0 aromatic heterocycles. The first kappa shape index (κ1) is 16.7. The molecular formula is C16H31N3O2. The van der Waals surface area contributed by atoms with Gasteiger partial charge in [0.2, 0.25) is 0 Å². The fourth-order valence-corrected chi connectivity index (χ4v) is 3.91. The summed E-state index contributed by atoms with van der Waals surface area (Å²) in [5.74, 6) is -0.388. The van der Waals surface area contributed by atoms with Gasteiger partial charge in [0.1, 0.15) is 5.54 Å². The van der Waals surface area contributed by atoms with Crippen molar-refractivity contribution >= 4 is 5.97 Å². The SMILES string of the molecule is CCNC(CN(C)CC1CCCN1CC)(C(=O)O)C1CC1. The number of hydrogen-bond acceptors (Lipinski definition) is 4. The average molecular weight is 297 g/mol. The number of carbonyl (C=O) groups is 1. The van der Waals surface area contributed by atoms with Crippen LogP contribution in [0.2, 0.25) is 0 Å². The highest BCUT2D eigenvalue weighted by Gasteiger charge is 2.51. The maximum atomic E-state index is 11.9. The maximum absolute atomic E-state index is 11.9. The largest absolute Gasteiger partial charge is 0.480 e. The Morgan fingerprint density at radius 3 is 2.62 bits per heavy atom. The third-order valence-electron chi connectivity index (χ3n) is 5.10. The highest BCUT2D eigenvalue weighted by atomic mass is 16.4. The first-order chi connectivity index (χ1) is 10.0. The van der Waals surface area contributed by atoms with E-state index in [4.69, 9.17) is 0 Å². The van der Waals surface area contributed by atoms with E-state index in [2.05, 4.69) is 29.1 Å². The average Bonchev–Trinajstić information content (AvgIpc) is 3.19. The normalized spacial score (nSPS) is 26.2. The lowest BCUT2D eigenvalue weighted by Crippen LogP contribution is -2.61. The van der Waals surface area contributed by atoms with Gasteiger partial charge in [-0.2, -0.15) is 0 Å². The van der Waals surface area contributed by atoms with E-state index in [1.54, 1.807) is 0 Å². The molecule has 0 spiro atoms. The van der Waals surface area contributed by atoms with Crippen molar-refractivity contribution in [1.29, 1.82) is 0 Å². The summed E-state index contributed by atoms with van der Waals surface area (Å²) in [6.45, 7) is 8.78. The second-order valence-corrected chi connectivity index (χ2v) is 6.70.